The second-order valence-electron chi connectivity index (χ2n) is 7.51. The predicted molar refractivity (Wildman–Crippen MR) is 96.5 cm³/mol. The molecule has 5 nitrogen and oxygen atoms in total. The van der Waals surface area contributed by atoms with Gasteiger partial charge in [-0.3, -0.25) is 4.79 Å². The lowest BCUT2D eigenvalue weighted by molar-refractivity contribution is -0.122. The third kappa shape index (κ3) is 4.27. The predicted octanol–water partition coefficient (Wildman–Crippen LogP) is 3.78. The summed E-state index contributed by atoms with van der Waals surface area (Å²) in [7, 11) is 0. The number of aromatic nitrogens is 2. The number of nitrogens with zero attached hydrogens (tertiary/aromatic N) is 2. The van der Waals surface area contributed by atoms with Gasteiger partial charge in [0.25, 0.3) is 0 Å². The molecule has 1 fully saturated rings. The van der Waals surface area contributed by atoms with E-state index >= 15 is 0 Å². The quantitative estimate of drug-likeness (QED) is 0.832. The molecule has 1 aromatic heterocycles. The molecule has 1 aromatic carbocycles. The molecule has 25 heavy (non-hydrogen) atoms. The molecule has 1 heterocycles. The number of hydrogen-bond acceptors (Lipinski definition) is 4. The highest BCUT2D eigenvalue weighted by Crippen LogP contribution is 2.47. The maximum Gasteiger partial charge on any atom is 0.228 e. The van der Waals surface area contributed by atoms with Crippen molar-refractivity contribution in [3.63, 3.8) is 0 Å². The van der Waals surface area contributed by atoms with Crippen molar-refractivity contribution in [2.45, 2.75) is 58.3 Å². The Morgan fingerprint density at radius 2 is 1.92 bits per heavy atom. The molecule has 3 rings (SSSR count). The second kappa shape index (κ2) is 7.38. The van der Waals surface area contributed by atoms with Crippen molar-refractivity contribution in [3.8, 4) is 0 Å². The molecule has 0 radical (unpaired) electrons. The van der Waals surface area contributed by atoms with Crippen molar-refractivity contribution >= 4 is 5.91 Å². The molecule has 0 aliphatic heterocycles. The Bertz CT molecular complexity index is 719. The van der Waals surface area contributed by atoms with Crippen LogP contribution in [0.25, 0.3) is 0 Å². The summed E-state index contributed by atoms with van der Waals surface area (Å²) in [6.45, 7) is 8.97. The molecule has 0 bridgehead atoms. The van der Waals surface area contributed by atoms with Crippen molar-refractivity contribution in [2.24, 2.45) is 5.92 Å². The Hall–Kier alpha value is -2.17. The van der Waals surface area contributed by atoms with Crippen LogP contribution in [0.2, 0.25) is 0 Å². The molecule has 1 amide bonds. The Balaban J connectivity index is 1.45. The largest absolute Gasteiger partial charge is 0.355 e. The smallest absolute Gasteiger partial charge is 0.228 e. The van der Waals surface area contributed by atoms with E-state index in [1.54, 1.807) is 0 Å². The zero-order chi connectivity index (χ0) is 18.0. The molecule has 1 saturated carbocycles. The minimum atomic E-state index is 0.0961. The van der Waals surface area contributed by atoms with E-state index in [-0.39, 0.29) is 17.7 Å². The molecule has 1 aliphatic rings. The Labute approximate surface area is 149 Å². The van der Waals surface area contributed by atoms with Gasteiger partial charge in [-0.25, -0.2) is 0 Å². The summed E-state index contributed by atoms with van der Waals surface area (Å²) in [5.41, 5.74) is 2.61. The first kappa shape index (κ1) is 17.6. The number of benzene rings is 1. The first-order valence-electron chi connectivity index (χ1n) is 9.15. The van der Waals surface area contributed by atoms with Crippen LogP contribution >= 0.6 is 0 Å². The first-order valence-corrected chi connectivity index (χ1v) is 9.15. The highest BCUT2D eigenvalue weighted by Gasteiger charge is 2.43. The minimum absolute atomic E-state index is 0.0961. The molecule has 134 valence electrons. The van der Waals surface area contributed by atoms with Gasteiger partial charge < -0.3 is 9.84 Å². The van der Waals surface area contributed by atoms with Gasteiger partial charge in [0.1, 0.15) is 0 Å². The average molecular weight is 341 g/mol. The van der Waals surface area contributed by atoms with Gasteiger partial charge in [0.05, 0.1) is 0 Å². The maximum atomic E-state index is 12.3. The molecule has 0 unspecified atom stereocenters. The second-order valence-corrected chi connectivity index (χ2v) is 7.51. The van der Waals surface area contributed by atoms with Gasteiger partial charge in [-0.05, 0) is 29.4 Å². The standard InChI is InChI=1S/C20H27N3O2/c1-12(2)14-5-7-15(8-6-14)16-11-17(16)20(24)21-10-9-18-22-19(13(3)4)23-25-18/h5-8,12-13,16-17H,9-11H2,1-4H3,(H,21,24)/t16-,17+/m0/s1. The van der Waals surface area contributed by atoms with Crippen molar-refractivity contribution < 1.29 is 9.32 Å². The lowest BCUT2D eigenvalue weighted by Crippen LogP contribution is -2.27. The number of carbonyl (C=O) groups is 1. The van der Waals surface area contributed by atoms with Gasteiger partial charge in [0, 0.05) is 24.8 Å². The fraction of sp³-hybridized carbons (Fsp3) is 0.550. The molecule has 1 N–H and O–H groups in total. The SMILES string of the molecule is CC(C)c1ccc([C@@H]2C[C@H]2C(=O)NCCc2nc(C(C)C)no2)cc1. The summed E-state index contributed by atoms with van der Waals surface area (Å²) in [5, 5.41) is 6.93. The third-order valence-electron chi connectivity index (χ3n) is 4.80. The van der Waals surface area contributed by atoms with Crippen LogP contribution in [0.4, 0.5) is 0 Å². The summed E-state index contributed by atoms with van der Waals surface area (Å²) in [6, 6.07) is 8.68. The van der Waals surface area contributed by atoms with E-state index < -0.39 is 0 Å². The van der Waals surface area contributed by atoms with Crippen molar-refractivity contribution in [3.05, 3.63) is 47.1 Å². The van der Waals surface area contributed by atoms with Gasteiger partial charge in [-0.15, -0.1) is 0 Å². The van der Waals surface area contributed by atoms with Crippen LogP contribution in [0, 0.1) is 5.92 Å². The molecule has 5 heteroatoms. The van der Waals surface area contributed by atoms with Gasteiger partial charge in [-0.1, -0.05) is 57.1 Å². The molecular formula is C20H27N3O2. The van der Waals surface area contributed by atoms with Crippen LogP contribution in [0.3, 0.4) is 0 Å². The van der Waals surface area contributed by atoms with Crippen LogP contribution < -0.4 is 5.32 Å². The number of rotatable bonds is 7. The third-order valence-corrected chi connectivity index (χ3v) is 4.80. The number of amides is 1. The average Bonchev–Trinajstić information content (AvgIpc) is 3.25. The molecular weight excluding hydrogens is 314 g/mol. The number of nitrogens with one attached hydrogen (secondary N) is 1. The maximum absolute atomic E-state index is 12.3. The molecule has 0 saturated heterocycles. The summed E-state index contributed by atoms with van der Waals surface area (Å²) in [4.78, 5) is 16.6. The van der Waals surface area contributed by atoms with Gasteiger partial charge in [-0.2, -0.15) is 4.98 Å². The minimum Gasteiger partial charge on any atom is -0.355 e. The zero-order valence-corrected chi connectivity index (χ0v) is 15.5. The summed E-state index contributed by atoms with van der Waals surface area (Å²) in [6.07, 6.45) is 1.51. The van der Waals surface area contributed by atoms with Crippen LogP contribution in [0.15, 0.2) is 28.8 Å². The zero-order valence-electron chi connectivity index (χ0n) is 15.5. The van der Waals surface area contributed by atoms with Gasteiger partial charge in [0.2, 0.25) is 11.8 Å². The lowest BCUT2D eigenvalue weighted by atomic mass is 10.00. The van der Waals surface area contributed by atoms with Gasteiger partial charge in [0.15, 0.2) is 5.82 Å². The summed E-state index contributed by atoms with van der Waals surface area (Å²) < 4.78 is 5.19. The van der Waals surface area contributed by atoms with E-state index in [0.29, 0.717) is 36.5 Å². The number of carbonyl (C=O) groups excluding carboxylic acids is 1. The van der Waals surface area contributed by atoms with Crippen molar-refractivity contribution in [1.82, 2.24) is 15.5 Å². The highest BCUT2D eigenvalue weighted by atomic mass is 16.5. The highest BCUT2D eigenvalue weighted by molar-refractivity contribution is 5.82. The number of hydrogen-bond donors (Lipinski definition) is 1. The van der Waals surface area contributed by atoms with Crippen LogP contribution in [0.1, 0.15) is 74.7 Å². The summed E-state index contributed by atoms with van der Waals surface area (Å²) >= 11 is 0. The van der Waals surface area contributed by atoms with Crippen molar-refractivity contribution in [2.75, 3.05) is 6.54 Å². The molecule has 0 spiro atoms. The molecule has 1 aliphatic carbocycles. The van der Waals surface area contributed by atoms with Crippen LogP contribution in [0.5, 0.6) is 0 Å². The van der Waals surface area contributed by atoms with Gasteiger partial charge >= 0.3 is 0 Å². The van der Waals surface area contributed by atoms with E-state index in [1.807, 2.05) is 13.8 Å². The topological polar surface area (TPSA) is 68.0 Å². The summed E-state index contributed by atoms with van der Waals surface area (Å²) in [5.74, 6) is 2.67. The van der Waals surface area contributed by atoms with E-state index in [1.165, 1.54) is 11.1 Å². The Kier molecular flexibility index (Phi) is 5.21. The van der Waals surface area contributed by atoms with E-state index in [4.69, 9.17) is 4.52 Å². The Morgan fingerprint density at radius 3 is 2.52 bits per heavy atom. The van der Waals surface area contributed by atoms with Crippen LogP contribution in [-0.2, 0) is 11.2 Å². The Morgan fingerprint density at radius 1 is 1.20 bits per heavy atom. The van der Waals surface area contributed by atoms with E-state index in [9.17, 15) is 4.79 Å². The lowest BCUT2D eigenvalue weighted by Gasteiger charge is -2.07. The molecule has 2 aromatic rings. The monoisotopic (exact) mass is 341 g/mol. The fourth-order valence-electron chi connectivity index (χ4n) is 3.01. The molecule has 2 atom stereocenters. The first-order chi connectivity index (χ1) is 12.0. The van der Waals surface area contributed by atoms with E-state index in [0.717, 1.165) is 6.42 Å². The van der Waals surface area contributed by atoms with Crippen LogP contribution in [-0.4, -0.2) is 22.6 Å². The van der Waals surface area contributed by atoms with Crippen molar-refractivity contribution in [1.29, 1.82) is 0 Å². The fourth-order valence-corrected chi connectivity index (χ4v) is 3.01. The normalized spacial score (nSPS) is 19.4. The van der Waals surface area contributed by atoms with E-state index in [2.05, 4.69) is 53.6 Å².